The van der Waals surface area contributed by atoms with Gasteiger partial charge in [0.15, 0.2) is 0 Å². The Labute approximate surface area is 83.1 Å². The fraction of sp³-hybridized carbons (Fsp3) is 1.00. The van der Waals surface area contributed by atoms with Gasteiger partial charge in [-0.25, -0.2) is 0 Å². The van der Waals surface area contributed by atoms with Crippen LogP contribution in [0.5, 0.6) is 0 Å². The van der Waals surface area contributed by atoms with E-state index in [2.05, 4.69) is 39.9 Å². The summed E-state index contributed by atoms with van der Waals surface area (Å²) in [5.41, 5.74) is 0. The van der Waals surface area contributed by atoms with Gasteiger partial charge in [0.2, 0.25) is 0 Å². The SMILES string of the molecule is COC(C)C(C)NC(C)CC(C)C. The Morgan fingerprint density at radius 2 is 1.62 bits per heavy atom. The molecule has 0 radical (unpaired) electrons. The number of nitrogens with one attached hydrogen (secondary N) is 1. The van der Waals surface area contributed by atoms with Crippen molar-refractivity contribution in [2.45, 2.75) is 59.2 Å². The summed E-state index contributed by atoms with van der Waals surface area (Å²) in [4.78, 5) is 0. The minimum absolute atomic E-state index is 0.287. The third kappa shape index (κ3) is 6.05. The van der Waals surface area contributed by atoms with Crippen LogP contribution in [0.25, 0.3) is 0 Å². The number of ether oxygens (including phenoxy) is 1. The van der Waals surface area contributed by atoms with E-state index in [1.165, 1.54) is 6.42 Å². The summed E-state index contributed by atoms with van der Waals surface area (Å²) >= 11 is 0. The highest BCUT2D eigenvalue weighted by atomic mass is 16.5. The van der Waals surface area contributed by atoms with Crippen LogP contribution in [-0.2, 0) is 4.74 Å². The van der Waals surface area contributed by atoms with Crippen LogP contribution in [0.1, 0.15) is 41.0 Å². The predicted molar refractivity (Wildman–Crippen MR) is 58.0 cm³/mol. The lowest BCUT2D eigenvalue weighted by molar-refractivity contribution is 0.0841. The van der Waals surface area contributed by atoms with Crippen LogP contribution in [0, 0.1) is 5.92 Å². The maximum absolute atomic E-state index is 5.26. The average molecular weight is 187 g/mol. The molecule has 0 spiro atoms. The second-order valence-electron chi connectivity index (χ2n) is 4.43. The molecule has 0 saturated heterocycles. The van der Waals surface area contributed by atoms with E-state index in [0.717, 1.165) is 5.92 Å². The Morgan fingerprint density at radius 1 is 1.08 bits per heavy atom. The van der Waals surface area contributed by atoms with E-state index < -0.39 is 0 Å². The molecule has 0 heterocycles. The van der Waals surface area contributed by atoms with Gasteiger partial charge in [-0.2, -0.15) is 0 Å². The summed E-state index contributed by atoms with van der Waals surface area (Å²) < 4.78 is 5.26. The standard InChI is InChI=1S/C11H25NO/c1-8(2)7-9(3)12-10(4)11(5)13-6/h8-12H,7H2,1-6H3. The van der Waals surface area contributed by atoms with Crippen molar-refractivity contribution in [1.82, 2.24) is 5.32 Å². The van der Waals surface area contributed by atoms with Crippen molar-refractivity contribution in [1.29, 1.82) is 0 Å². The molecular formula is C11H25NO. The highest BCUT2D eigenvalue weighted by Gasteiger charge is 2.14. The predicted octanol–water partition coefficient (Wildman–Crippen LogP) is 2.43. The molecular weight excluding hydrogens is 162 g/mol. The number of methoxy groups -OCH3 is 1. The molecule has 2 nitrogen and oxygen atoms in total. The number of hydrogen-bond acceptors (Lipinski definition) is 2. The molecule has 80 valence electrons. The average Bonchev–Trinajstić information content (AvgIpc) is 2.01. The minimum atomic E-state index is 0.287. The van der Waals surface area contributed by atoms with Gasteiger partial charge in [0.05, 0.1) is 6.10 Å². The van der Waals surface area contributed by atoms with E-state index in [0.29, 0.717) is 12.1 Å². The first-order valence-electron chi connectivity index (χ1n) is 5.26. The zero-order valence-electron chi connectivity index (χ0n) is 9.92. The van der Waals surface area contributed by atoms with Crippen LogP contribution in [0.2, 0.25) is 0 Å². The molecule has 0 bridgehead atoms. The zero-order valence-corrected chi connectivity index (χ0v) is 9.92. The summed E-state index contributed by atoms with van der Waals surface area (Å²) in [6.07, 6.45) is 1.51. The molecule has 0 aromatic rings. The Bertz CT molecular complexity index is 125. The smallest absolute Gasteiger partial charge is 0.0693 e. The zero-order chi connectivity index (χ0) is 10.4. The van der Waals surface area contributed by atoms with Gasteiger partial charge >= 0.3 is 0 Å². The lowest BCUT2D eigenvalue weighted by Crippen LogP contribution is -2.42. The third-order valence-electron chi connectivity index (χ3n) is 2.45. The maximum Gasteiger partial charge on any atom is 0.0693 e. The largest absolute Gasteiger partial charge is 0.380 e. The van der Waals surface area contributed by atoms with E-state index in [1.54, 1.807) is 7.11 Å². The maximum atomic E-state index is 5.26. The quantitative estimate of drug-likeness (QED) is 0.689. The van der Waals surface area contributed by atoms with Crippen molar-refractivity contribution in [3.05, 3.63) is 0 Å². The van der Waals surface area contributed by atoms with Gasteiger partial charge in [-0.3, -0.25) is 0 Å². The first-order chi connectivity index (χ1) is 5.97. The van der Waals surface area contributed by atoms with Crippen molar-refractivity contribution in [2.75, 3.05) is 7.11 Å². The highest BCUT2D eigenvalue weighted by molar-refractivity contribution is 4.73. The van der Waals surface area contributed by atoms with E-state index in [-0.39, 0.29) is 6.10 Å². The minimum Gasteiger partial charge on any atom is -0.380 e. The van der Waals surface area contributed by atoms with Crippen LogP contribution >= 0.6 is 0 Å². The molecule has 0 aromatic heterocycles. The number of hydrogen-bond donors (Lipinski definition) is 1. The summed E-state index contributed by atoms with van der Waals surface area (Å²) in [5, 5.41) is 3.54. The lowest BCUT2D eigenvalue weighted by atomic mass is 10.0. The molecule has 3 atom stereocenters. The Hall–Kier alpha value is -0.0800. The van der Waals surface area contributed by atoms with E-state index in [1.807, 2.05) is 0 Å². The van der Waals surface area contributed by atoms with Crippen molar-refractivity contribution in [3.63, 3.8) is 0 Å². The van der Waals surface area contributed by atoms with Crippen LogP contribution in [-0.4, -0.2) is 25.3 Å². The van der Waals surface area contributed by atoms with Gasteiger partial charge in [-0.05, 0) is 33.1 Å². The van der Waals surface area contributed by atoms with Gasteiger partial charge in [0.1, 0.15) is 0 Å². The van der Waals surface area contributed by atoms with Gasteiger partial charge < -0.3 is 10.1 Å². The van der Waals surface area contributed by atoms with Crippen LogP contribution < -0.4 is 5.32 Å². The van der Waals surface area contributed by atoms with E-state index in [4.69, 9.17) is 4.74 Å². The normalized spacial score (nSPS) is 18.7. The second-order valence-corrected chi connectivity index (χ2v) is 4.43. The van der Waals surface area contributed by atoms with Crippen molar-refractivity contribution >= 4 is 0 Å². The van der Waals surface area contributed by atoms with Gasteiger partial charge in [-0.1, -0.05) is 13.8 Å². The van der Waals surface area contributed by atoms with Crippen molar-refractivity contribution in [2.24, 2.45) is 5.92 Å². The topological polar surface area (TPSA) is 21.3 Å². The molecule has 0 aliphatic heterocycles. The first-order valence-corrected chi connectivity index (χ1v) is 5.26. The van der Waals surface area contributed by atoms with Crippen LogP contribution in [0.3, 0.4) is 0 Å². The summed E-state index contributed by atoms with van der Waals surface area (Å²) in [7, 11) is 1.76. The molecule has 3 unspecified atom stereocenters. The summed E-state index contributed by atoms with van der Waals surface area (Å²) in [5.74, 6) is 0.757. The van der Waals surface area contributed by atoms with Crippen LogP contribution in [0.4, 0.5) is 0 Å². The molecule has 0 fully saturated rings. The van der Waals surface area contributed by atoms with Gasteiger partial charge in [-0.15, -0.1) is 0 Å². The molecule has 0 saturated carbocycles. The van der Waals surface area contributed by atoms with Gasteiger partial charge in [0, 0.05) is 19.2 Å². The van der Waals surface area contributed by atoms with Gasteiger partial charge in [0.25, 0.3) is 0 Å². The monoisotopic (exact) mass is 187 g/mol. The summed E-state index contributed by atoms with van der Waals surface area (Å²) in [6.45, 7) is 11.0. The van der Waals surface area contributed by atoms with E-state index in [9.17, 15) is 0 Å². The Morgan fingerprint density at radius 3 is 2.00 bits per heavy atom. The molecule has 0 aliphatic carbocycles. The molecule has 0 aliphatic rings. The molecule has 0 rings (SSSR count). The number of rotatable bonds is 6. The van der Waals surface area contributed by atoms with Crippen LogP contribution in [0.15, 0.2) is 0 Å². The fourth-order valence-electron chi connectivity index (χ4n) is 1.56. The first kappa shape index (κ1) is 12.9. The van der Waals surface area contributed by atoms with Crippen molar-refractivity contribution < 1.29 is 4.74 Å². The Kier molecular flexibility index (Phi) is 6.35. The molecule has 13 heavy (non-hydrogen) atoms. The highest BCUT2D eigenvalue weighted by Crippen LogP contribution is 2.06. The third-order valence-corrected chi connectivity index (χ3v) is 2.45. The lowest BCUT2D eigenvalue weighted by Gasteiger charge is -2.25. The molecule has 0 amide bonds. The molecule has 1 N–H and O–H groups in total. The molecule has 2 heteroatoms. The van der Waals surface area contributed by atoms with Crippen molar-refractivity contribution in [3.8, 4) is 0 Å². The fourth-order valence-corrected chi connectivity index (χ4v) is 1.56. The summed E-state index contributed by atoms with van der Waals surface area (Å²) in [6, 6.07) is 1.01. The molecule has 0 aromatic carbocycles. The van der Waals surface area contributed by atoms with E-state index >= 15 is 0 Å². The Balaban J connectivity index is 3.70. The second kappa shape index (κ2) is 6.39.